The van der Waals surface area contributed by atoms with Crippen LogP contribution in [0.4, 0.5) is 0 Å². The maximum absolute atomic E-state index is 5.94. The fraction of sp³-hybridized carbons (Fsp3) is 0.0909. The second-order valence-electron chi connectivity index (χ2n) is 3.64. The van der Waals surface area contributed by atoms with Crippen LogP contribution in [0.5, 0.6) is 5.88 Å². The Labute approximate surface area is 118 Å². The smallest absolute Gasteiger partial charge is 0.218 e. The summed E-state index contributed by atoms with van der Waals surface area (Å²) in [5.41, 5.74) is 0. The maximum Gasteiger partial charge on any atom is 0.218 e. The fourth-order valence-corrected chi connectivity index (χ4v) is 2.17. The Bertz CT molecular complexity index is 712. The van der Waals surface area contributed by atoms with Gasteiger partial charge in [-0.3, -0.25) is 0 Å². The molecule has 0 aliphatic rings. The molecule has 0 aromatic carbocycles. The van der Waals surface area contributed by atoms with Gasteiger partial charge >= 0.3 is 0 Å². The molecule has 2 N–H and O–H groups in total. The van der Waals surface area contributed by atoms with Gasteiger partial charge in [-0.1, -0.05) is 0 Å². The molecule has 8 nitrogen and oxygen atoms in total. The maximum atomic E-state index is 5.94. The first-order chi connectivity index (χ1) is 9.78. The molecule has 102 valence electrons. The van der Waals surface area contributed by atoms with Gasteiger partial charge in [0.2, 0.25) is 16.9 Å². The molecule has 3 aromatic rings. The number of hydrogen-bond acceptors (Lipinski definition) is 8. The lowest BCUT2D eigenvalue weighted by atomic mass is 10.4. The minimum absolute atomic E-state index is 0.431. The predicted molar refractivity (Wildman–Crippen MR) is 70.6 cm³/mol. The number of nitrogen functional groups attached to an aromatic ring is 1. The van der Waals surface area contributed by atoms with Crippen LogP contribution in [-0.2, 0) is 0 Å². The quantitative estimate of drug-likeness (QED) is 0.564. The number of nitrogens with zero attached hydrogens (tertiary/aromatic N) is 5. The van der Waals surface area contributed by atoms with E-state index in [1.807, 2.05) is 0 Å². The van der Waals surface area contributed by atoms with E-state index in [9.17, 15) is 0 Å². The zero-order chi connectivity index (χ0) is 13.9. The van der Waals surface area contributed by atoms with Crippen LogP contribution >= 0.6 is 11.8 Å². The van der Waals surface area contributed by atoms with Gasteiger partial charge in [-0.2, -0.15) is 4.98 Å². The molecule has 0 radical (unpaired) electrons. The van der Waals surface area contributed by atoms with E-state index >= 15 is 0 Å². The topological polar surface area (TPSA) is 105 Å². The van der Waals surface area contributed by atoms with E-state index < -0.39 is 0 Å². The lowest BCUT2D eigenvalue weighted by molar-refractivity contribution is 0.392. The van der Waals surface area contributed by atoms with Crippen molar-refractivity contribution in [1.29, 1.82) is 0 Å². The van der Waals surface area contributed by atoms with Crippen molar-refractivity contribution in [2.45, 2.75) is 10.3 Å². The second kappa shape index (κ2) is 5.21. The number of aromatic nitrogens is 5. The molecule has 0 saturated carbocycles. The van der Waals surface area contributed by atoms with Crippen LogP contribution in [0.15, 0.2) is 45.4 Å². The Kier molecular flexibility index (Phi) is 3.25. The predicted octanol–water partition coefficient (Wildman–Crippen LogP) is 1.20. The van der Waals surface area contributed by atoms with Gasteiger partial charge in [0, 0.05) is 12.3 Å². The van der Waals surface area contributed by atoms with E-state index in [0.717, 1.165) is 0 Å². The van der Waals surface area contributed by atoms with Gasteiger partial charge in [0.1, 0.15) is 0 Å². The summed E-state index contributed by atoms with van der Waals surface area (Å²) in [7, 11) is 1.54. The van der Waals surface area contributed by atoms with Crippen LogP contribution in [0.2, 0.25) is 0 Å². The molecule has 3 rings (SSSR count). The highest BCUT2D eigenvalue weighted by Gasteiger charge is 2.16. The second-order valence-corrected chi connectivity index (χ2v) is 4.57. The van der Waals surface area contributed by atoms with Crippen LogP contribution in [-0.4, -0.2) is 32.0 Å². The van der Waals surface area contributed by atoms with E-state index in [4.69, 9.17) is 15.0 Å². The van der Waals surface area contributed by atoms with Crippen molar-refractivity contribution >= 4 is 11.8 Å². The van der Waals surface area contributed by atoms with Gasteiger partial charge in [0.05, 0.1) is 13.4 Å². The SMILES string of the molecule is COc1ccnc(Sc2nnc(-c3ccco3)n2N)n1. The molecule has 0 bridgehead atoms. The van der Waals surface area contributed by atoms with Crippen LogP contribution in [0, 0.1) is 0 Å². The van der Waals surface area contributed by atoms with Crippen LogP contribution in [0.25, 0.3) is 11.6 Å². The Morgan fingerprint density at radius 3 is 3.00 bits per heavy atom. The summed E-state index contributed by atoms with van der Waals surface area (Å²) in [6, 6.07) is 5.16. The zero-order valence-corrected chi connectivity index (χ0v) is 11.2. The van der Waals surface area contributed by atoms with E-state index in [2.05, 4.69) is 20.2 Å². The summed E-state index contributed by atoms with van der Waals surface area (Å²) in [6.45, 7) is 0. The zero-order valence-electron chi connectivity index (χ0n) is 10.4. The number of rotatable bonds is 4. The number of ether oxygens (including phenoxy) is 1. The highest BCUT2D eigenvalue weighted by molar-refractivity contribution is 7.99. The molecule has 20 heavy (non-hydrogen) atoms. The minimum atomic E-state index is 0.431. The largest absolute Gasteiger partial charge is 0.481 e. The molecule has 0 saturated heterocycles. The van der Waals surface area contributed by atoms with Gasteiger partial charge in [0.25, 0.3) is 0 Å². The first kappa shape index (κ1) is 12.5. The first-order valence-electron chi connectivity index (χ1n) is 5.57. The van der Waals surface area contributed by atoms with Gasteiger partial charge in [0.15, 0.2) is 10.9 Å². The van der Waals surface area contributed by atoms with Crippen molar-refractivity contribution < 1.29 is 9.15 Å². The van der Waals surface area contributed by atoms with E-state index in [1.54, 1.807) is 30.7 Å². The standard InChI is InChI=1S/C11H10N6O2S/c1-18-8-4-5-13-10(14-8)20-11-16-15-9(17(11)12)7-3-2-6-19-7/h2-6H,12H2,1H3. The lowest BCUT2D eigenvalue weighted by Crippen LogP contribution is -2.11. The normalized spacial score (nSPS) is 10.7. The highest BCUT2D eigenvalue weighted by Crippen LogP contribution is 2.26. The summed E-state index contributed by atoms with van der Waals surface area (Å²) in [6.07, 6.45) is 3.14. The lowest BCUT2D eigenvalue weighted by Gasteiger charge is -2.02. The monoisotopic (exact) mass is 290 g/mol. The minimum Gasteiger partial charge on any atom is -0.481 e. The molecule has 0 fully saturated rings. The molecule has 0 aliphatic carbocycles. The summed E-state index contributed by atoms with van der Waals surface area (Å²) >= 11 is 1.18. The average Bonchev–Trinajstić information content (AvgIpc) is 3.10. The van der Waals surface area contributed by atoms with Crippen molar-refractivity contribution in [2.75, 3.05) is 13.0 Å². The van der Waals surface area contributed by atoms with Crippen molar-refractivity contribution in [1.82, 2.24) is 24.8 Å². The van der Waals surface area contributed by atoms with E-state index in [-0.39, 0.29) is 0 Å². The van der Waals surface area contributed by atoms with Gasteiger partial charge in [-0.25, -0.2) is 9.66 Å². The van der Waals surface area contributed by atoms with Gasteiger partial charge in [-0.05, 0) is 23.9 Å². The van der Waals surface area contributed by atoms with Crippen molar-refractivity contribution in [3.05, 3.63) is 30.7 Å². The third-order valence-corrected chi connectivity index (χ3v) is 3.25. The number of nitrogens with two attached hydrogens (primary N) is 1. The van der Waals surface area contributed by atoms with Crippen LogP contribution in [0.1, 0.15) is 0 Å². The molecule has 0 atom stereocenters. The van der Waals surface area contributed by atoms with E-state index in [0.29, 0.717) is 27.8 Å². The summed E-state index contributed by atoms with van der Waals surface area (Å²) in [5, 5.41) is 8.89. The summed E-state index contributed by atoms with van der Waals surface area (Å²) in [5.74, 6) is 7.38. The molecule has 3 aromatic heterocycles. The molecule has 0 aliphatic heterocycles. The number of furan rings is 1. The molecule has 0 amide bonds. The van der Waals surface area contributed by atoms with Crippen molar-refractivity contribution in [2.24, 2.45) is 0 Å². The highest BCUT2D eigenvalue weighted by atomic mass is 32.2. The number of hydrogen-bond donors (Lipinski definition) is 1. The molecule has 9 heteroatoms. The fourth-order valence-electron chi connectivity index (χ4n) is 1.49. The first-order valence-corrected chi connectivity index (χ1v) is 6.39. The Balaban J connectivity index is 1.88. The van der Waals surface area contributed by atoms with Crippen LogP contribution < -0.4 is 10.6 Å². The molecule has 3 heterocycles. The summed E-state index contributed by atoms with van der Waals surface area (Å²) in [4.78, 5) is 8.28. The molecular weight excluding hydrogens is 280 g/mol. The van der Waals surface area contributed by atoms with Crippen molar-refractivity contribution in [3.8, 4) is 17.5 Å². The Morgan fingerprint density at radius 1 is 1.35 bits per heavy atom. The van der Waals surface area contributed by atoms with E-state index in [1.165, 1.54) is 23.5 Å². The Morgan fingerprint density at radius 2 is 2.25 bits per heavy atom. The molecular formula is C11H10N6O2S. The third kappa shape index (κ3) is 2.30. The van der Waals surface area contributed by atoms with Gasteiger partial charge in [-0.15, -0.1) is 10.2 Å². The molecule has 0 spiro atoms. The molecule has 0 unspecified atom stereocenters. The summed E-state index contributed by atoms with van der Waals surface area (Å²) < 4.78 is 11.6. The van der Waals surface area contributed by atoms with Crippen molar-refractivity contribution in [3.63, 3.8) is 0 Å². The average molecular weight is 290 g/mol. The van der Waals surface area contributed by atoms with Crippen LogP contribution in [0.3, 0.4) is 0 Å². The Hall–Kier alpha value is -2.55. The number of methoxy groups -OCH3 is 1. The third-order valence-electron chi connectivity index (χ3n) is 2.41. The van der Waals surface area contributed by atoms with Gasteiger partial charge < -0.3 is 15.0 Å².